The number of thioether (sulfide) groups is 1. The van der Waals surface area contributed by atoms with Gasteiger partial charge in [-0.2, -0.15) is 0 Å². The van der Waals surface area contributed by atoms with Crippen molar-refractivity contribution in [2.24, 2.45) is 7.05 Å². The lowest BCUT2D eigenvalue weighted by molar-refractivity contribution is 0.0693. The van der Waals surface area contributed by atoms with Gasteiger partial charge in [-0.3, -0.25) is 4.57 Å². The Morgan fingerprint density at radius 3 is 2.85 bits per heavy atom. The molecule has 1 aromatic carbocycles. The summed E-state index contributed by atoms with van der Waals surface area (Å²) in [6, 6.07) is 4.95. The van der Waals surface area contributed by atoms with Crippen LogP contribution < -0.4 is 10.4 Å². The van der Waals surface area contributed by atoms with E-state index in [0.29, 0.717) is 16.7 Å². The van der Waals surface area contributed by atoms with Crippen molar-refractivity contribution in [3.8, 4) is 5.75 Å². The summed E-state index contributed by atoms with van der Waals surface area (Å²) in [6.45, 7) is 0. The number of aromatic amines is 1. The number of benzene rings is 1. The first-order valence-corrected chi connectivity index (χ1v) is 6.66. The van der Waals surface area contributed by atoms with Crippen LogP contribution in [0.15, 0.2) is 28.2 Å². The minimum atomic E-state index is -1.04. The minimum absolute atomic E-state index is 0.113. The Balaban J connectivity index is 2.18. The lowest BCUT2D eigenvalue weighted by atomic mass is 10.1. The minimum Gasteiger partial charge on any atom is -0.496 e. The van der Waals surface area contributed by atoms with Gasteiger partial charge in [0.25, 0.3) is 0 Å². The number of aromatic carboxylic acids is 1. The van der Waals surface area contributed by atoms with E-state index in [1.54, 1.807) is 25.2 Å². The van der Waals surface area contributed by atoms with E-state index in [2.05, 4.69) is 10.2 Å². The first-order chi connectivity index (χ1) is 9.52. The van der Waals surface area contributed by atoms with Crippen molar-refractivity contribution in [3.05, 3.63) is 39.8 Å². The molecular formula is C12H13N3O4S. The molecule has 1 heterocycles. The van der Waals surface area contributed by atoms with Crippen molar-refractivity contribution in [2.75, 3.05) is 7.11 Å². The summed E-state index contributed by atoms with van der Waals surface area (Å²) in [7, 11) is 3.04. The predicted molar refractivity (Wildman–Crippen MR) is 73.3 cm³/mol. The fourth-order valence-electron chi connectivity index (χ4n) is 1.62. The molecule has 20 heavy (non-hydrogen) atoms. The zero-order valence-corrected chi connectivity index (χ0v) is 11.7. The number of nitrogens with zero attached hydrogens (tertiary/aromatic N) is 2. The molecule has 2 N–H and O–H groups in total. The zero-order chi connectivity index (χ0) is 14.7. The Kier molecular flexibility index (Phi) is 4.14. The fourth-order valence-corrected chi connectivity index (χ4v) is 2.48. The van der Waals surface area contributed by atoms with Crippen molar-refractivity contribution >= 4 is 17.7 Å². The highest BCUT2D eigenvalue weighted by Gasteiger charge is 2.12. The standard InChI is InChI=1S/C12H13N3O4S/c1-15-11(18)13-14-12(15)20-6-7-3-4-9(19-2)8(5-7)10(16)17/h3-5H,6H2,1-2H3,(H,13,18)(H,16,17). The van der Waals surface area contributed by atoms with Crippen LogP contribution in [-0.2, 0) is 12.8 Å². The molecule has 106 valence electrons. The topological polar surface area (TPSA) is 97.2 Å². The highest BCUT2D eigenvalue weighted by molar-refractivity contribution is 7.98. The Morgan fingerprint density at radius 2 is 2.30 bits per heavy atom. The Bertz CT molecular complexity index is 692. The van der Waals surface area contributed by atoms with Gasteiger partial charge in [-0.1, -0.05) is 17.8 Å². The van der Waals surface area contributed by atoms with E-state index < -0.39 is 5.97 Å². The summed E-state index contributed by atoms with van der Waals surface area (Å²) < 4.78 is 6.39. The number of rotatable bonds is 5. The van der Waals surface area contributed by atoms with Gasteiger partial charge >= 0.3 is 11.7 Å². The summed E-state index contributed by atoms with van der Waals surface area (Å²) in [5, 5.41) is 15.9. The van der Waals surface area contributed by atoms with Gasteiger partial charge < -0.3 is 9.84 Å². The zero-order valence-electron chi connectivity index (χ0n) is 10.9. The number of carbonyl (C=O) groups is 1. The molecule has 0 radical (unpaired) electrons. The molecule has 0 spiro atoms. The largest absolute Gasteiger partial charge is 0.496 e. The van der Waals surface area contributed by atoms with Crippen molar-refractivity contribution in [1.29, 1.82) is 0 Å². The summed E-state index contributed by atoms with van der Waals surface area (Å²) in [4.78, 5) is 22.3. The van der Waals surface area contributed by atoms with Gasteiger partial charge in [0.2, 0.25) is 0 Å². The Morgan fingerprint density at radius 1 is 1.55 bits per heavy atom. The molecular weight excluding hydrogens is 282 g/mol. The second-order valence-corrected chi connectivity index (χ2v) is 4.94. The maximum Gasteiger partial charge on any atom is 0.343 e. The van der Waals surface area contributed by atoms with Crippen LogP contribution in [0.25, 0.3) is 0 Å². The molecule has 0 aliphatic rings. The maximum absolute atomic E-state index is 11.2. The van der Waals surface area contributed by atoms with E-state index >= 15 is 0 Å². The molecule has 0 unspecified atom stereocenters. The second kappa shape index (κ2) is 5.83. The quantitative estimate of drug-likeness (QED) is 0.802. The number of aromatic nitrogens is 3. The van der Waals surface area contributed by atoms with Crippen LogP contribution >= 0.6 is 11.8 Å². The van der Waals surface area contributed by atoms with Crippen molar-refractivity contribution in [3.63, 3.8) is 0 Å². The molecule has 0 aliphatic carbocycles. The number of nitrogens with one attached hydrogen (secondary N) is 1. The van der Waals surface area contributed by atoms with E-state index in [-0.39, 0.29) is 11.3 Å². The Hall–Kier alpha value is -2.22. The molecule has 0 saturated carbocycles. The molecule has 8 heteroatoms. The van der Waals surface area contributed by atoms with E-state index in [4.69, 9.17) is 9.84 Å². The lowest BCUT2D eigenvalue weighted by Crippen LogP contribution is -2.12. The predicted octanol–water partition coefficient (Wildman–Crippen LogP) is 1.11. The number of hydrogen-bond acceptors (Lipinski definition) is 5. The number of H-pyrrole nitrogens is 1. The third-order valence-electron chi connectivity index (χ3n) is 2.70. The van der Waals surface area contributed by atoms with E-state index in [1.165, 1.54) is 23.4 Å². The summed E-state index contributed by atoms with van der Waals surface area (Å²) >= 11 is 1.34. The number of carboxylic acids is 1. The highest BCUT2D eigenvalue weighted by Crippen LogP contribution is 2.24. The highest BCUT2D eigenvalue weighted by atomic mass is 32.2. The lowest BCUT2D eigenvalue weighted by Gasteiger charge is -2.07. The normalized spacial score (nSPS) is 10.5. The van der Waals surface area contributed by atoms with Gasteiger partial charge in [-0.15, -0.1) is 5.10 Å². The average molecular weight is 295 g/mol. The number of methoxy groups -OCH3 is 1. The first kappa shape index (κ1) is 14.2. The van der Waals surface area contributed by atoms with Crippen LogP contribution in [0.5, 0.6) is 5.75 Å². The van der Waals surface area contributed by atoms with Gasteiger partial charge in [0.15, 0.2) is 5.16 Å². The van der Waals surface area contributed by atoms with Crippen LogP contribution in [-0.4, -0.2) is 33.0 Å². The third kappa shape index (κ3) is 2.85. The van der Waals surface area contributed by atoms with E-state index in [9.17, 15) is 9.59 Å². The maximum atomic E-state index is 11.2. The average Bonchev–Trinajstić information content (AvgIpc) is 2.76. The SMILES string of the molecule is COc1ccc(CSc2n[nH]c(=O)n2C)cc1C(=O)O. The summed E-state index contributed by atoms with van der Waals surface area (Å²) in [5.41, 5.74) is 0.638. The number of ether oxygens (including phenoxy) is 1. The molecule has 2 rings (SSSR count). The van der Waals surface area contributed by atoms with Crippen molar-refractivity contribution < 1.29 is 14.6 Å². The Labute approximate surface area is 118 Å². The van der Waals surface area contributed by atoms with E-state index in [0.717, 1.165) is 5.56 Å². The summed E-state index contributed by atoms with van der Waals surface area (Å²) in [5.74, 6) is -0.220. The van der Waals surface area contributed by atoms with Crippen molar-refractivity contribution in [2.45, 2.75) is 10.9 Å². The number of hydrogen-bond donors (Lipinski definition) is 2. The number of carboxylic acid groups (broad SMARTS) is 1. The van der Waals surface area contributed by atoms with Gasteiger partial charge in [-0.25, -0.2) is 14.7 Å². The van der Waals surface area contributed by atoms with Crippen LogP contribution in [0, 0.1) is 0 Å². The second-order valence-electron chi connectivity index (χ2n) is 4.00. The van der Waals surface area contributed by atoms with Crippen molar-refractivity contribution in [1.82, 2.24) is 14.8 Å². The first-order valence-electron chi connectivity index (χ1n) is 5.67. The molecule has 0 aliphatic heterocycles. The van der Waals surface area contributed by atoms with Gasteiger partial charge in [0, 0.05) is 12.8 Å². The van der Waals surface area contributed by atoms with Crippen LogP contribution in [0.1, 0.15) is 15.9 Å². The van der Waals surface area contributed by atoms with Crippen LogP contribution in [0.2, 0.25) is 0 Å². The van der Waals surface area contributed by atoms with Gasteiger partial charge in [-0.05, 0) is 17.7 Å². The van der Waals surface area contributed by atoms with Gasteiger partial charge in [0.1, 0.15) is 11.3 Å². The van der Waals surface area contributed by atoms with Crippen LogP contribution in [0.4, 0.5) is 0 Å². The fraction of sp³-hybridized carbons (Fsp3) is 0.250. The molecule has 7 nitrogen and oxygen atoms in total. The molecule has 1 aromatic heterocycles. The molecule has 0 saturated heterocycles. The van der Waals surface area contributed by atoms with Gasteiger partial charge in [0.05, 0.1) is 7.11 Å². The molecule has 2 aromatic rings. The monoisotopic (exact) mass is 295 g/mol. The van der Waals surface area contributed by atoms with E-state index in [1.807, 2.05) is 0 Å². The molecule has 0 atom stereocenters. The summed E-state index contributed by atoms with van der Waals surface area (Å²) in [6.07, 6.45) is 0. The smallest absolute Gasteiger partial charge is 0.343 e. The molecule has 0 fully saturated rings. The van der Waals surface area contributed by atoms with Crippen LogP contribution in [0.3, 0.4) is 0 Å². The molecule has 0 amide bonds. The molecule has 0 bridgehead atoms. The third-order valence-corrected chi connectivity index (χ3v) is 3.80.